The summed E-state index contributed by atoms with van der Waals surface area (Å²) in [5.41, 5.74) is 2.60. The van der Waals surface area contributed by atoms with Crippen molar-refractivity contribution in [2.75, 3.05) is 11.2 Å². The van der Waals surface area contributed by atoms with Gasteiger partial charge in [-0.25, -0.2) is 0 Å². The molecule has 0 bridgehead atoms. The molecule has 0 saturated heterocycles. The van der Waals surface area contributed by atoms with Crippen molar-refractivity contribution in [3.63, 3.8) is 0 Å². The van der Waals surface area contributed by atoms with Gasteiger partial charge in [0.2, 0.25) is 0 Å². The van der Waals surface area contributed by atoms with Crippen LogP contribution in [0, 0.1) is 3.57 Å². The van der Waals surface area contributed by atoms with Gasteiger partial charge in [-0.1, -0.05) is 28.1 Å². The van der Waals surface area contributed by atoms with Gasteiger partial charge in [0.05, 0.1) is 5.56 Å². The number of aryl methyl sites for hydroxylation is 1. The summed E-state index contributed by atoms with van der Waals surface area (Å²) in [5.74, 6) is 0.489. The Morgan fingerprint density at radius 3 is 2.55 bits per heavy atom. The molecule has 0 heterocycles. The second-order valence-corrected chi connectivity index (χ2v) is 6.67. The van der Waals surface area contributed by atoms with Crippen molar-refractivity contribution in [1.29, 1.82) is 0 Å². The van der Waals surface area contributed by atoms with Gasteiger partial charge in [-0.05, 0) is 64.9 Å². The number of benzene rings is 2. The van der Waals surface area contributed by atoms with E-state index < -0.39 is 0 Å². The standard InChI is InChI=1S/C15H12BrClINO/c16-11-3-6-14(18)13(9-11)15(20)19-12-4-1-10(2-5-12)7-8-17/h1-6,9H,7-8H2,(H,19,20). The molecule has 104 valence electrons. The van der Waals surface area contributed by atoms with Crippen LogP contribution in [-0.4, -0.2) is 11.8 Å². The summed E-state index contributed by atoms with van der Waals surface area (Å²) >= 11 is 11.2. The highest BCUT2D eigenvalue weighted by molar-refractivity contribution is 14.1. The smallest absolute Gasteiger partial charge is 0.256 e. The number of carbonyl (C=O) groups is 1. The zero-order valence-electron chi connectivity index (χ0n) is 10.5. The zero-order chi connectivity index (χ0) is 14.5. The summed E-state index contributed by atoms with van der Waals surface area (Å²) in [6, 6.07) is 13.4. The molecule has 0 aliphatic carbocycles. The van der Waals surface area contributed by atoms with Crippen LogP contribution in [0.4, 0.5) is 5.69 Å². The molecule has 2 rings (SSSR count). The molecule has 2 aromatic rings. The van der Waals surface area contributed by atoms with E-state index in [1.54, 1.807) is 0 Å². The predicted octanol–water partition coefficient (Wildman–Crippen LogP) is 5.09. The van der Waals surface area contributed by atoms with Crippen molar-refractivity contribution >= 4 is 61.7 Å². The van der Waals surface area contributed by atoms with Crippen LogP contribution in [0.3, 0.4) is 0 Å². The van der Waals surface area contributed by atoms with Crippen molar-refractivity contribution in [2.45, 2.75) is 6.42 Å². The first-order valence-electron chi connectivity index (χ1n) is 6.01. The molecule has 20 heavy (non-hydrogen) atoms. The lowest BCUT2D eigenvalue weighted by molar-refractivity contribution is 0.102. The van der Waals surface area contributed by atoms with E-state index in [4.69, 9.17) is 11.6 Å². The van der Waals surface area contributed by atoms with E-state index >= 15 is 0 Å². The molecule has 0 fully saturated rings. The highest BCUT2D eigenvalue weighted by atomic mass is 127. The second-order valence-electron chi connectivity index (χ2n) is 4.21. The van der Waals surface area contributed by atoms with Gasteiger partial charge in [-0.2, -0.15) is 0 Å². The highest BCUT2D eigenvalue weighted by Crippen LogP contribution is 2.20. The lowest BCUT2D eigenvalue weighted by Gasteiger charge is -2.08. The number of carbonyl (C=O) groups excluding carboxylic acids is 1. The van der Waals surface area contributed by atoms with Crippen LogP contribution in [-0.2, 0) is 6.42 Å². The van der Waals surface area contributed by atoms with Gasteiger partial charge in [-0.15, -0.1) is 11.6 Å². The molecular weight excluding hydrogens is 452 g/mol. The summed E-state index contributed by atoms with van der Waals surface area (Å²) in [7, 11) is 0. The van der Waals surface area contributed by atoms with Crippen LogP contribution >= 0.6 is 50.1 Å². The van der Waals surface area contributed by atoms with Gasteiger partial charge in [0, 0.05) is 19.6 Å². The molecule has 0 radical (unpaired) electrons. The van der Waals surface area contributed by atoms with Gasteiger partial charge in [0.25, 0.3) is 5.91 Å². The van der Waals surface area contributed by atoms with Gasteiger partial charge in [0.15, 0.2) is 0 Å². The largest absolute Gasteiger partial charge is 0.322 e. The van der Waals surface area contributed by atoms with Crippen LogP contribution in [0.15, 0.2) is 46.9 Å². The minimum absolute atomic E-state index is 0.110. The predicted molar refractivity (Wildman–Crippen MR) is 95.7 cm³/mol. The van der Waals surface area contributed by atoms with E-state index in [9.17, 15) is 4.79 Å². The third-order valence-corrected chi connectivity index (χ3v) is 4.39. The second kappa shape index (κ2) is 7.43. The number of rotatable bonds is 4. The van der Waals surface area contributed by atoms with Crippen molar-refractivity contribution in [1.82, 2.24) is 0 Å². The molecule has 0 aliphatic rings. The lowest BCUT2D eigenvalue weighted by Crippen LogP contribution is -2.13. The Morgan fingerprint density at radius 1 is 1.20 bits per heavy atom. The van der Waals surface area contributed by atoms with Gasteiger partial charge in [-0.3, -0.25) is 4.79 Å². The number of halogens is 3. The van der Waals surface area contributed by atoms with Crippen molar-refractivity contribution < 1.29 is 4.79 Å². The van der Waals surface area contributed by atoms with Gasteiger partial charge < -0.3 is 5.32 Å². The quantitative estimate of drug-likeness (QED) is 0.496. The van der Waals surface area contributed by atoms with Gasteiger partial charge >= 0.3 is 0 Å². The maximum atomic E-state index is 12.2. The Labute approximate surface area is 145 Å². The molecule has 0 aliphatic heterocycles. The number of amides is 1. The Bertz CT molecular complexity index is 616. The van der Waals surface area contributed by atoms with Crippen LogP contribution in [0.5, 0.6) is 0 Å². The molecule has 2 nitrogen and oxygen atoms in total. The third kappa shape index (κ3) is 4.20. The summed E-state index contributed by atoms with van der Waals surface area (Å²) in [4.78, 5) is 12.2. The zero-order valence-corrected chi connectivity index (χ0v) is 15.0. The Balaban J connectivity index is 2.13. The van der Waals surface area contributed by atoms with Crippen LogP contribution in [0.2, 0.25) is 0 Å². The molecule has 0 aromatic heterocycles. The summed E-state index contributed by atoms with van der Waals surface area (Å²) in [5, 5.41) is 2.90. The Morgan fingerprint density at radius 2 is 1.90 bits per heavy atom. The molecule has 0 unspecified atom stereocenters. The number of hydrogen-bond acceptors (Lipinski definition) is 1. The SMILES string of the molecule is O=C(Nc1ccc(CCCl)cc1)c1cc(Br)ccc1I. The molecule has 0 spiro atoms. The van der Waals surface area contributed by atoms with Crippen LogP contribution < -0.4 is 5.32 Å². The normalized spacial score (nSPS) is 10.3. The van der Waals surface area contributed by atoms with E-state index in [0.29, 0.717) is 11.4 Å². The van der Waals surface area contributed by atoms with E-state index in [1.807, 2.05) is 42.5 Å². The molecule has 0 saturated carbocycles. The van der Waals surface area contributed by atoms with Gasteiger partial charge in [0.1, 0.15) is 0 Å². The van der Waals surface area contributed by atoms with E-state index in [2.05, 4.69) is 43.8 Å². The topological polar surface area (TPSA) is 29.1 Å². The van der Waals surface area contributed by atoms with E-state index in [-0.39, 0.29) is 5.91 Å². The van der Waals surface area contributed by atoms with Crippen molar-refractivity contribution in [2.24, 2.45) is 0 Å². The molecular formula is C15H12BrClINO. The molecule has 0 atom stereocenters. The summed E-state index contributed by atoms with van der Waals surface area (Å²) < 4.78 is 1.81. The molecule has 2 aromatic carbocycles. The maximum absolute atomic E-state index is 12.2. The maximum Gasteiger partial charge on any atom is 0.256 e. The first kappa shape index (κ1) is 15.8. The highest BCUT2D eigenvalue weighted by Gasteiger charge is 2.10. The van der Waals surface area contributed by atoms with Crippen molar-refractivity contribution in [3.8, 4) is 0 Å². The Kier molecular flexibility index (Phi) is 5.86. The number of alkyl halides is 1. The summed E-state index contributed by atoms with van der Waals surface area (Å²) in [6.45, 7) is 0. The van der Waals surface area contributed by atoms with E-state index in [1.165, 1.54) is 0 Å². The lowest BCUT2D eigenvalue weighted by atomic mass is 10.1. The molecule has 1 N–H and O–H groups in total. The fourth-order valence-corrected chi connectivity index (χ4v) is 2.89. The van der Waals surface area contributed by atoms with Crippen LogP contribution in [0.1, 0.15) is 15.9 Å². The van der Waals surface area contributed by atoms with E-state index in [0.717, 1.165) is 25.7 Å². The molecule has 1 amide bonds. The first-order chi connectivity index (χ1) is 9.60. The van der Waals surface area contributed by atoms with Crippen LogP contribution in [0.25, 0.3) is 0 Å². The average Bonchev–Trinajstić information content (AvgIpc) is 2.44. The molecule has 5 heteroatoms. The number of nitrogens with one attached hydrogen (secondary N) is 1. The third-order valence-electron chi connectivity index (χ3n) is 2.77. The summed E-state index contributed by atoms with van der Waals surface area (Å²) in [6.07, 6.45) is 0.833. The fourth-order valence-electron chi connectivity index (χ4n) is 1.73. The average molecular weight is 465 g/mol. The minimum atomic E-state index is -0.110. The minimum Gasteiger partial charge on any atom is -0.322 e. The number of hydrogen-bond donors (Lipinski definition) is 1. The van der Waals surface area contributed by atoms with Crippen molar-refractivity contribution in [3.05, 3.63) is 61.6 Å². The number of anilines is 1. The fraction of sp³-hybridized carbons (Fsp3) is 0.133. The first-order valence-corrected chi connectivity index (χ1v) is 8.42. The monoisotopic (exact) mass is 463 g/mol. The Hall–Kier alpha value is -0.590.